The van der Waals surface area contributed by atoms with Gasteiger partial charge in [-0.15, -0.1) is 0 Å². The lowest BCUT2D eigenvalue weighted by atomic mass is 10.1. The zero-order chi connectivity index (χ0) is 14.7. The molecule has 0 atom stereocenters. The van der Waals surface area contributed by atoms with E-state index in [2.05, 4.69) is 83.5 Å². The average Bonchev–Trinajstić information content (AvgIpc) is 3.09. The van der Waals surface area contributed by atoms with E-state index >= 15 is 0 Å². The first kappa shape index (κ1) is 14.3. The van der Waals surface area contributed by atoms with Crippen LogP contribution < -0.4 is 0 Å². The van der Waals surface area contributed by atoms with Crippen LogP contribution in [-0.4, -0.2) is 0 Å². The summed E-state index contributed by atoms with van der Waals surface area (Å²) in [5, 5.41) is 0. The molecular weight excluding hydrogens is 320 g/mol. The summed E-state index contributed by atoms with van der Waals surface area (Å²) in [6.45, 7) is 2.22. The molecule has 0 aromatic heterocycles. The summed E-state index contributed by atoms with van der Waals surface area (Å²) in [6.07, 6.45) is 7.92. The Morgan fingerprint density at radius 2 is 1.38 bits per heavy atom. The van der Waals surface area contributed by atoms with E-state index in [4.69, 9.17) is 0 Å². The summed E-state index contributed by atoms with van der Waals surface area (Å²) in [7, 11) is 0. The maximum absolute atomic E-state index is 3.48. The predicted octanol–water partition coefficient (Wildman–Crippen LogP) is 6.01. The smallest absolute Gasteiger partial charge is 0.00468 e. The standard InChI is InChI=1S/C11H12.C9H7Br/c1-2-9-7-10-5-3-4-6-11(10)8-9;10-9-5-7-3-1-2-4-8(7)6-9/h3-7H,2,8H2,1H3;1-5H,6H2. The zero-order valence-corrected chi connectivity index (χ0v) is 13.9. The molecule has 0 amide bonds. The summed E-state index contributed by atoms with van der Waals surface area (Å²) in [5.74, 6) is 0. The molecule has 2 aromatic carbocycles. The average molecular weight is 339 g/mol. The fourth-order valence-electron chi connectivity index (χ4n) is 2.82. The molecule has 0 saturated heterocycles. The van der Waals surface area contributed by atoms with Crippen molar-refractivity contribution in [3.63, 3.8) is 0 Å². The molecule has 0 nitrogen and oxygen atoms in total. The van der Waals surface area contributed by atoms with Crippen LogP contribution in [0, 0.1) is 0 Å². The van der Waals surface area contributed by atoms with Crippen LogP contribution in [0.1, 0.15) is 35.6 Å². The van der Waals surface area contributed by atoms with Crippen molar-refractivity contribution >= 4 is 28.1 Å². The van der Waals surface area contributed by atoms with Gasteiger partial charge in [0.05, 0.1) is 0 Å². The van der Waals surface area contributed by atoms with Crippen LogP contribution in [0.4, 0.5) is 0 Å². The largest absolute Gasteiger partial charge is 0.0655 e. The lowest BCUT2D eigenvalue weighted by Gasteiger charge is -1.95. The van der Waals surface area contributed by atoms with Crippen molar-refractivity contribution in [3.8, 4) is 0 Å². The van der Waals surface area contributed by atoms with E-state index in [9.17, 15) is 0 Å². The summed E-state index contributed by atoms with van der Waals surface area (Å²) >= 11 is 3.48. The van der Waals surface area contributed by atoms with Gasteiger partial charge in [0.2, 0.25) is 0 Å². The number of benzene rings is 2. The van der Waals surface area contributed by atoms with E-state index < -0.39 is 0 Å². The molecule has 21 heavy (non-hydrogen) atoms. The van der Waals surface area contributed by atoms with Gasteiger partial charge < -0.3 is 0 Å². The molecule has 2 aliphatic carbocycles. The van der Waals surface area contributed by atoms with Gasteiger partial charge in [-0.1, -0.05) is 83.0 Å². The second kappa shape index (κ2) is 6.44. The molecule has 2 aromatic rings. The highest BCUT2D eigenvalue weighted by Gasteiger charge is 2.09. The van der Waals surface area contributed by atoms with Crippen LogP contribution in [0.5, 0.6) is 0 Å². The lowest BCUT2D eigenvalue weighted by Crippen LogP contribution is -1.81. The SMILES string of the molecule is BrC1=Cc2ccccc2C1.CCC1=Cc2ccccc2C1. The molecule has 0 fully saturated rings. The molecule has 0 bridgehead atoms. The fraction of sp³-hybridized carbons (Fsp3) is 0.200. The van der Waals surface area contributed by atoms with E-state index in [0.717, 1.165) is 6.42 Å². The molecule has 4 rings (SSSR count). The summed E-state index contributed by atoms with van der Waals surface area (Å²) in [5.41, 5.74) is 7.25. The van der Waals surface area contributed by atoms with Gasteiger partial charge in [-0.05, 0) is 41.2 Å². The molecule has 2 aliphatic rings. The van der Waals surface area contributed by atoms with Gasteiger partial charge in [0.1, 0.15) is 0 Å². The van der Waals surface area contributed by atoms with Gasteiger partial charge in [-0.2, -0.15) is 0 Å². The second-order valence-electron chi connectivity index (χ2n) is 5.50. The minimum absolute atomic E-state index is 1.07. The molecule has 0 N–H and O–H groups in total. The molecule has 0 unspecified atom stereocenters. The Labute approximate surface area is 135 Å². The fourth-order valence-corrected chi connectivity index (χ4v) is 3.37. The first-order chi connectivity index (χ1) is 10.3. The highest BCUT2D eigenvalue weighted by Crippen LogP contribution is 2.27. The summed E-state index contributed by atoms with van der Waals surface area (Å²) < 4.78 is 1.29. The quantitative estimate of drug-likeness (QED) is 0.596. The molecule has 0 radical (unpaired) electrons. The number of fused-ring (bicyclic) bond motifs is 2. The first-order valence-corrected chi connectivity index (χ1v) is 8.27. The Balaban J connectivity index is 0.000000126. The summed E-state index contributed by atoms with van der Waals surface area (Å²) in [4.78, 5) is 0. The van der Waals surface area contributed by atoms with Crippen molar-refractivity contribution in [2.75, 3.05) is 0 Å². The number of hydrogen-bond acceptors (Lipinski definition) is 0. The molecule has 106 valence electrons. The topological polar surface area (TPSA) is 0 Å². The molecule has 0 saturated carbocycles. The van der Waals surface area contributed by atoms with E-state index in [-0.39, 0.29) is 0 Å². The zero-order valence-electron chi connectivity index (χ0n) is 12.3. The Bertz CT molecular complexity index is 707. The van der Waals surface area contributed by atoms with Crippen molar-refractivity contribution in [2.24, 2.45) is 0 Å². The molecule has 0 spiro atoms. The Morgan fingerprint density at radius 1 is 0.810 bits per heavy atom. The van der Waals surface area contributed by atoms with Gasteiger partial charge in [0.15, 0.2) is 0 Å². The second-order valence-corrected chi connectivity index (χ2v) is 6.52. The summed E-state index contributed by atoms with van der Waals surface area (Å²) in [6, 6.07) is 17.1. The normalized spacial score (nSPS) is 14.6. The van der Waals surface area contributed by atoms with Crippen LogP contribution in [0.3, 0.4) is 0 Å². The third-order valence-corrected chi connectivity index (χ3v) is 4.52. The van der Waals surface area contributed by atoms with Crippen LogP contribution >= 0.6 is 15.9 Å². The number of rotatable bonds is 1. The van der Waals surface area contributed by atoms with Gasteiger partial charge in [0, 0.05) is 10.9 Å². The number of halogens is 1. The van der Waals surface area contributed by atoms with E-state index in [1.165, 1.54) is 39.6 Å². The molecule has 0 aliphatic heterocycles. The molecular formula is C20H19Br. The minimum Gasteiger partial charge on any atom is -0.0655 e. The Morgan fingerprint density at radius 3 is 1.95 bits per heavy atom. The lowest BCUT2D eigenvalue weighted by molar-refractivity contribution is 1.04. The highest BCUT2D eigenvalue weighted by atomic mass is 79.9. The van der Waals surface area contributed by atoms with Crippen molar-refractivity contribution < 1.29 is 0 Å². The Kier molecular flexibility index (Phi) is 4.40. The number of allylic oxidation sites excluding steroid dienone is 2. The highest BCUT2D eigenvalue weighted by molar-refractivity contribution is 9.11. The molecule has 1 heteroatoms. The van der Waals surface area contributed by atoms with Crippen molar-refractivity contribution in [1.29, 1.82) is 0 Å². The first-order valence-electron chi connectivity index (χ1n) is 7.47. The minimum atomic E-state index is 1.07. The van der Waals surface area contributed by atoms with Gasteiger partial charge in [-0.3, -0.25) is 0 Å². The van der Waals surface area contributed by atoms with Crippen LogP contribution in [-0.2, 0) is 12.8 Å². The third-order valence-electron chi connectivity index (χ3n) is 4.01. The monoisotopic (exact) mass is 338 g/mol. The predicted molar refractivity (Wildman–Crippen MR) is 95.5 cm³/mol. The van der Waals surface area contributed by atoms with Crippen molar-refractivity contribution in [2.45, 2.75) is 26.2 Å². The Hall–Kier alpha value is -1.60. The molecule has 0 heterocycles. The van der Waals surface area contributed by atoms with E-state index in [1.54, 1.807) is 5.57 Å². The van der Waals surface area contributed by atoms with Crippen LogP contribution in [0.25, 0.3) is 12.2 Å². The van der Waals surface area contributed by atoms with Crippen LogP contribution in [0.15, 0.2) is 58.6 Å². The maximum Gasteiger partial charge on any atom is 0.00468 e. The third kappa shape index (κ3) is 3.36. The van der Waals surface area contributed by atoms with Gasteiger partial charge in [-0.25, -0.2) is 0 Å². The van der Waals surface area contributed by atoms with Gasteiger partial charge >= 0.3 is 0 Å². The van der Waals surface area contributed by atoms with Crippen molar-refractivity contribution in [3.05, 3.63) is 80.8 Å². The van der Waals surface area contributed by atoms with E-state index in [1.807, 2.05) is 0 Å². The van der Waals surface area contributed by atoms with E-state index in [0.29, 0.717) is 0 Å². The maximum atomic E-state index is 3.48. The number of hydrogen-bond donors (Lipinski definition) is 0. The van der Waals surface area contributed by atoms with Crippen molar-refractivity contribution in [1.82, 2.24) is 0 Å². The van der Waals surface area contributed by atoms with Crippen LogP contribution in [0.2, 0.25) is 0 Å². The van der Waals surface area contributed by atoms with Gasteiger partial charge in [0.25, 0.3) is 0 Å².